The van der Waals surface area contributed by atoms with Gasteiger partial charge in [0.25, 0.3) is 0 Å². The van der Waals surface area contributed by atoms with Crippen molar-refractivity contribution in [3.63, 3.8) is 0 Å². The second-order valence-electron chi connectivity index (χ2n) is 6.31. The summed E-state index contributed by atoms with van der Waals surface area (Å²) >= 11 is 6.03. The Morgan fingerprint density at radius 3 is 2.43 bits per heavy atom. The topological polar surface area (TPSA) is 52.7 Å². The number of carbonyl (C=O) groups is 2. The van der Waals surface area contributed by atoms with Crippen molar-refractivity contribution in [3.8, 4) is 0 Å². The number of rotatable bonds is 4. The third-order valence-electron chi connectivity index (χ3n) is 3.83. The van der Waals surface area contributed by atoms with Gasteiger partial charge in [-0.15, -0.1) is 0 Å². The first-order valence-corrected chi connectivity index (χ1v) is 8.34. The van der Waals surface area contributed by atoms with Crippen molar-refractivity contribution >= 4 is 34.8 Å². The second-order valence-corrected chi connectivity index (χ2v) is 6.74. The van der Waals surface area contributed by atoms with E-state index >= 15 is 0 Å². The van der Waals surface area contributed by atoms with Gasteiger partial charge in [-0.05, 0) is 24.1 Å². The van der Waals surface area contributed by atoms with Gasteiger partial charge in [0.05, 0.1) is 11.4 Å². The molecule has 1 saturated heterocycles. The molecule has 0 saturated carbocycles. The Kier molecular flexibility index (Phi) is 5.88. The lowest BCUT2D eigenvalue weighted by atomic mass is 10.1. The van der Waals surface area contributed by atoms with Crippen LogP contribution in [0.5, 0.6) is 0 Å². The maximum atomic E-state index is 12.1. The van der Waals surface area contributed by atoms with Gasteiger partial charge in [0.2, 0.25) is 11.8 Å². The Labute approximate surface area is 142 Å². The Balaban J connectivity index is 2.05. The number of carbonyl (C=O) groups excluding carboxylic acids is 2. The summed E-state index contributed by atoms with van der Waals surface area (Å²) in [4.78, 5) is 27.6. The number of nitrogens with zero attached hydrogens (tertiary/aromatic N) is 2. The number of piperazine rings is 1. The Morgan fingerprint density at radius 1 is 1.22 bits per heavy atom. The highest BCUT2D eigenvalue weighted by Crippen LogP contribution is 2.30. The summed E-state index contributed by atoms with van der Waals surface area (Å²) in [5.41, 5.74) is 1.66. The van der Waals surface area contributed by atoms with Crippen molar-refractivity contribution in [1.82, 2.24) is 4.90 Å². The molecule has 1 aromatic rings. The lowest BCUT2D eigenvalue weighted by Crippen LogP contribution is -2.49. The summed E-state index contributed by atoms with van der Waals surface area (Å²) in [7, 11) is 0. The van der Waals surface area contributed by atoms with Gasteiger partial charge in [0.1, 0.15) is 0 Å². The summed E-state index contributed by atoms with van der Waals surface area (Å²) < 4.78 is 0. The third-order valence-corrected chi connectivity index (χ3v) is 4.06. The molecule has 1 fully saturated rings. The number of hydrogen-bond donors (Lipinski definition) is 1. The molecule has 1 aliphatic heterocycles. The molecule has 6 heteroatoms. The molecule has 1 aromatic carbocycles. The molecule has 0 aromatic heterocycles. The molecule has 2 rings (SSSR count). The van der Waals surface area contributed by atoms with Crippen LogP contribution in [0.15, 0.2) is 18.2 Å². The number of benzene rings is 1. The standard InChI is InChI=1S/C17H24ClN3O2/c1-12(2)10-17(23)21-8-6-20(7-9-21)16-5-4-14(18)11-15(16)19-13(3)22/h4-5,11-12H,6-10H2,1-3H3,(H,19,22). The third kappa shape index (κ3) is 4.86. The quantitative estimate of drug-likeness (QED) is 0.919. The highest BCUT2D eigenvalue weighted by molar-refractivity contribution is 6.31. The van der Waals surface area contributed by atoms with E-state index in [2.05, 4.69) is 24.1 Å². The Bertz CT molecular complexity index is 581. The lowest BCUT2D eigenvalue weighted by Gasteiger charge is -2.37. The van der Waals surface area contributed by atoms with Gasteiger partial charge in [-0.1, -0.05) is 25.4 Å². The van der Waals surface area contributed by atoms with Crippen LogP contribution in [-0.4, -0.2) is 42.9 Å². The Morgan fingerprint density at radius 2 is 1.87 bits per heavy atom. The van der Waals surface area contributed by atoms with Crippen LogP contribution in [0.3, 0.4) is 0 Å². The van der Waals surface area contributed by atoms with Crippen LogP contribution in [0.25, 0.3) is 0 Å². The van der Waals surface area contributed by atoms with E-state index in [-0.39, 0.29) is 11.8 Å². The van der Waals surface area contributed by atoms with Gasteiger partial charge in [-0.2, -0.15) is 0 Å². The molecule has 5 nitrogen and oxygen atoms in total. The smallest absolute Gasteiger partial charge is 0.222 e. The first-order valence-electron chi connectivity index (χ1n) is 7.96. The van der Waals surface area contributed by atoms with E-state index in [0.717, 1.165) is 18.8 Å². The molecule has 1 aliphatic rings. The van der Waals surface area contributed by atoms with Crippen molar-refractivity contribution < 1.29 is 9.59 Å². The minimum absolute atomic E-state index is 0.126. The molecule has 0 bridgehead atoms. The van der Waals surface area contributed by atoms with Crippen LogP contribution in [0.4, 0.5) is 11.4 Å². The van der Waals surface area contributed by atoms with Crippen molar-refractivity contribution in [2.75, 3.05) is 36.4 Å². The molecule has 0 atom stereocenters. The SMILES string of the molecule is CC(=O)Nc1cc(Cl)ccc1N1CCN(C(=O)CC(C)C)CC1. The monoisotopic (exact) mass is 337 g/mol. The van der Waals surface area contributed by atoms with E-state index in [0.29, 0.717) is 36.1 Å². The lowest BCUT2D eigenvalue weighted by molar-refractivity contribution is -0.132. The molecule has 126 valence electrons. The average molecular weight is 338 g/mol. The van der Waals surface area contributed by atoms with Gasteiger partial charge in [0, 0.05) is 44.5 Å². The normalized spacial score (nSPS) is 15.0. The summed E-state index contributed by atoms with van der Waals surface area (Å²) in [5, 5.41) is 3.41. The van der Waals surface area contributed by atoms with Crippen molar-refractivity contribution in [2.45, 2.75) is 27.2 Å². The fraction of sp³-hybridized carbons (Fsp3) is 0.529. The van der Waals surface area contributed by atoms with Crippen LogP contribution >= 0.6 is 11.6 Å². The zero-order chi connectivity index (χ0) is 17.0. The largest absolute Gasteiger partial charge is 0.366 e. The van der Waals surface area contributed by atoms with Gasteiger partial charge < -0.3 is 15.1 Å². The van der Waals surface area contributed by atoms with Crippen molar-refractivity contribution in [3.05, 3.63) is 23.2 Å². The van der Waals surface area contributed by atoms with Crippen LogP contribution in [0.1, 0.15) is 27.2 Å². The average Bonchev–Trinajstić information content (AvgIpc) is 2.46. The van der Waals surface area contributed by atoms with Gasteiger partial charge in [0.15, 0.2) is 0 Å². The molecule has 2 amide bonds. The fourth-order valence-electron chi connectivity index (χ4n) is 2.75. The molecule has 1 N–H and O–H groups in total. The molecule has 0 aliphatic carbocycles. The van der Waals surface area contributed by atoms with Gasteiger partial charge >= 0.3 is 0 Å². The number of anilines is 2. The molecule has 0 unspecified atom stereocenters. The highest BCUT2D eigenvalue weighted by Gasteiger charge is 2.23. The molecule has 0 spiro atoms. The number of hydrogen-bond acceptors (Lipinski definition) is 3. The molecular weight excluding hydrogens is 314 g/mol. The zero-order valence-corrected chi connectivity index (χ0v) is 14.7. The van der Waals surface area contributed by atoms with E-state index in [1.54, 1.807) is 6.07 Å². The molecular formula is C17H24ClN3O2. The number of nitrogens with one attached hydrogen (secondary N) is 1. The minimum Gasteiger partial charge on any atom is -0.366 e. The summed E-state index contributed by atoms with van der Waals surface area (Å²) in [6.45, 7) is 8.49. The van der Waals surface area contributed by atoms with E-state index in [1.807, 2.05) is 17.0 Å². The highest BCUT2D eigenvalue weighted by atomic mass is 35.5. The van der Waals surface area contributed by atoms with E-state index < -0.39 is 0 Å². The van der Waals surface area contributed by atoms with E-state index in [9.17, 15) is 9.59 Å². The maximum absolute atomic E-state index is 12.1. The van der Waals surface area contributed by atoms with Gasteiger partial charge in [-0.25, -0.2) is 0 Å². The van der Waals surface area contributed by atoms with Crippen molar-refractivity contribution in [2.24, 2.45) is 5.92 Å². The van der Waals surface area contributed by atoms with E-state index in [1.165, 1.54) is 6.92 Å². The Hall–Kier alpha value is -1.75. The summed E-state index contributed by atoms with van der Waals surface area (Å²) in [6, 6.07) is 5.49. The van der Waals surface area contributed by atoms with E-state index in [4.69, 9.17) is 11.6 Å². The van der Waals surface area contributed by atoms with Crippen LogP contribution in [0, 0.1) is 5.92 Å². The number of amides is 2. The fourth-order valence-corrected chi connectivity index (χ4v) is 2.92. The molecule has 0 radical (unpaired) electrons. The zero-order valence-electron chi connectivity index (χ0n) is 13.9. The first kappa shape index (κ1) is 17.6. The predicted octanol–water partition coefficient (Wildman–Crippen LogP) is 2.99. The summed E-state index contributed by atoms with van der Waals surface area (Å²) in [5.74, 6) is 0.472. The van der Waals surface area contributed by atoms with Crippen LogP contribution in [-0.2, 0) is 9.59 Å². The van der Waals surface area contributed by atoms with Crippen LogP contribution < -0.4 is 10.2 Å². The number of halogens is 1. The van der Waals surface area contributed by atoms with Crippen LogP contribution in [0.2, 0.25) is 5.02 Å². The first-order chi connectivity index (χ1) is 10.9. The predicted molar refractivity (Wildman–Crippen MR) is 94.0 cm³/mol. The molecule has 23 heavy (non-hydrogen) atoms. The second kappa shape index (κ2) is 7.68. The van der Waals surface area contributed by atoms with Crippen molar-refractivity contribution in [1.29, 1.82) is 0 Å². The summed E-state index contributed by atoms with van der Waals surface area (Å²) in [6.07, 6.45) is 0.595. The molecule has 1 heterocycles. The minimum atomic E-state index is -0.126. The van der Waals surface area contributed by atoms with Gasteiger partial charge in [-0.3, -0.25) is 9.59 Å². The maximum Gasteiger partial charge on any atom is 0.222 e.